The fraction of sp³-hybridized carbons (Fsp3) is 0.273. The molecule has 0 atom stereocenters. The van der Waals surface area contributed by atoms with Gasteiger partial charge >= 0.3 is 0 Å². The van der Waals surface area contributed by atoms with Crippen molar-refractivity contribution in [2.75, 3.05) is 18.0 Å². The van der Waals surface area contributed by atoms with E-state index in [0.29, 0.717) is 22.8 Å². The Hall–Kier alpha value is -3.17. The van der Waals surface area contributed by atoms with Gasteiger partial charge in [-0.2, -0.15) is 10.4 Å². The summed E-state index contributed by atoms with van der Waals surface area (Å²) < 4.78 is 0. The van der Waals surface area contributed by atoms with Gasteiger partial charge in [0.25, 0.3) is 0 Å². The number of nitrogens with zero attached hydrogens (tertiary/aromatic N) is 5. The van der Waals surface area contributed by atoms with E-state index >= 15 is 0 Å². The number of halogens is 1. The molecule has 1 saturated heterocycles. The Morgan fingerprint density at radius 1 is 1.21 bits per heavy atom. The van der Waals surface area contributed by atoms with E-state index in [1.807, 2.05) is 36.4 Å². The van der Waals surface area contributed by atoms with Crippen LogP contribution in [0.4, 0.5) is 11.6 Å². The third kappa shape index (κ3) is 4.64. The maximum atomic E-state index is 9.57. The molecule has 1 N–H and O–H groups in total. The molecule has 29 heavy (non-hydrogen) atoms. The molecule has 3 aromatic rings. The van der Waals surface area contributed by atoms with Crippen molar-refractivity contribution in [1.82, 2.24) is 15.2 Å². The van der Waals surface area contributed by atoms with Gasteiger partial charge in [0.2, 0.25) is 0 Å². The SMILES string of the molecule is N#Cc1c(N=Cc2ccc(N3CCCCC3)nc2)n[nH]c1Cc1cccc(Cl)c1. The molecule has 3 heterocycles. The van der Waals surface area contributed by atoms with Crippen LogP contribution in [0.1, 0.15) is 41.6 Å². The van der Waals surface area contributed by atoms with E-state index in [-0.39, 0.29) is 0 Å². The minimum atomic E-state index is 0.379. The summed E-state index contributed by atoms with van der Waals surface area (Å²) >= 11 is 6.04. The van der Waals surface area contributed by atoms with E-state index in [0.717, 1.165) is 35.7 Å². The van der Waals surface area contributed by atoms with Gasteiger partial charge in [0.05, 0.1) is 5.69 Å². The summed E-state index contributed by atoms with van der Waals surface area (Å²) in [6.07, 6.45) is 7.77. The Balaban J connectivity index is 1.48. The maximum absolute atomic E-state index is 9.57. The Morgan fingerprint density at radius 2 is 2.07 bits per heavy atom. The summed E-state index contributed by atoms with van der Waals surface area (Å²) in [5, 5.41) is 17.4. The van der Waals surface area contributed by atoms with Gasteiger partial charge in [-0.05, 0) is 49.1 Å². The summed E-state index contributed by atoms with van der Waals surface area (Å²) in [5.74, 6) is 1.38. The Morgan fingerprint density at radius 3 is 2.79 bits per heavy atom. The van der Waals surface area contributed by atoms with E-state index in [2.05, 4.69) is 31.1 Å². The smallest absolute Gasteiger partial charge is 0.191 e. The van der Waals surface area contributed by atoms with Crippen LogP contribution in [-0.4, -0.2) is 34.5 Å². The van der Waals surface area contributed by atoms with E-state index in [1.54, 1.807) is 12.4 Å². The van der Waals surface area contributed by atoms with Crippen LogP contribution >= 0.6 is 11.6 Å². The second kappa shape index (κ2) is 8.89. The lowest BCUT2D eigenvalue weighted by atomic mass is 10.1. The topological polar surface area (TPSA) is 81.0 Å². The standard InChI is InChI=1S/C22H21ClN6/c23-18-6-4-5-16(11-18)12-20-19(13-24)22(28-27-20)26-15-17-7-8-21(25-14-17)29-9-2-1-3-10-29/h4-8,11,14-15H,1-3,9-10,12H2,(H,27,28). The first-order chi connectivity index (χ1) is 14.2. The van der Waals surface area contributed by atoms with Gasteiger partial charge < -0.3 is 4.90 Å². The lowest BCUT2D eigenvalue weighted by molar-refractivity contribution is 0.573. The minimum Gasteiger partial charge on any atom is -0.357 e. The van der Waals surface area contributed by atoms with Gasteiger partial charge in [0.15, 0.2) is 5.82 Å². The van der Waals surface area contributed by atoms with Gasteiger partial charge in [-0.1, -0.05) is 23.7 Å². The normalized spacial score (nSPS) is 14.3. The summed E-state index contributed by atoms with van der Waals surface area (Å²) in [7, 11) is 0. The molecule has 0 bridgehead atoms. The van der Waals surface area contributed by atoms with Gasteiger partial charge in [0, 0.05) is 42.5 Å². The zero-order valence-corrected chi connectivity index (χ0v) is 16.7. The maximum Gasteiger partial charge on any atom is 0.191 e. The molecule has 1 fully saturated rings. The van der Waals surface area contributed by atoms with Crippen LogP contribution < -0.4 is 4.90 Å². The molecule has 0 radical (unpaired) electrons. The van der Waals surface area contributed by atoms with Gasteiger partial charge in [-0.15, -0.1) is 0 Å². The molecule has 0 spiro atoms. The molecule has 1 aliphatic rings. The summed E-state index contributed by atoms with van der Waals surface area (Å²) in [6, 6.07) is 13.8. The van der Waals surface area contributed by atoms with Crippen molar-refractivity contribution in [1.29, 1.82) is 5.26 Å². The molecule has 7 heteroatoms. The van der Waals surface area contributed by atoms with Crippen molar-refractivity contribution < 1.29 is 0 Å². The van der Waals surface area contributed by atoms with Crippen LogP contribution in [0, 0.1) is 11.3 Å². The number of benzene rings is 1. The molecule has 146 valence electrons. The molecule has 1 aromatic carbocycles. The number of aliphatic imine (C=N–C) groups is 1. The molecule has 0 saturated carbocycles. The summed E-state index contributed by atoms with van der Waals surface area (Å²) in [5.41, 5.74) is 3.04. The van der Waals surface area contributed by atoms with Crippen molar-refractivity contribution >= 4 is 29.5 Å². The Labute approximate surface area is 174 Å². The van der Waals surface area contributed by atoms with Gasteiger partial charge in [0.1, 0.15) is 17.5 Å². The Kier molecular flexibility index (Phi) is 5.87. The van der Waals surface area contributed by atoms with Crippen LogP contribution in [-0.2, 0) is 6.42 Å². The molecule has 0 amide bonds. The van der Waals surface area contributed by atoms with E-state index in [4.69, 9.17) is 11.6 Å². The molecule has 2 aromatic heterocycles. The van der Waals surface area contributed by atoms with Crippen molar-refractivity contribution in [2.24, 2.45) is 4.99 Å². The second-order valence-electron chi connectivity index (χ2n) is 7.07. The predicted molar refractivity (Wildman–Crippen MR) is 115 cm³/mol. The van der Waals surface area contributed by atoms with E-state index < -0.39 is 0 Å². The monoisotopic (exact) mass is 404 g/mol. The zero-order chi connectivity index (χ0) is 20.1. The number of pyridine rings is 1. The number of aromatic amines is 1. The number of H-pyrrole nitrogens is 1. The highest BCUT2D eigenvalue weighted by molar-refractivity contribution is 6.30. The number of rotatable bonds is 5. The number of hydrogen-bond acceptors (Lipinski definition) is 5. The number of aromatic nitrogens is 3. The van der Waals surface area contributed by atoms with Gasteiger partial charge in [-0.25, -0.2) is 9.98 Å². The molecule has 6 nitrogen and oxygen atoms in total. The summed E-state index contributed by atoms with van der Waals surface area (Å²) in [6.45, 7) is 2.13. The third-order valence-electron chi connectivity index (χ3n) is 4.99. The van der Waals surface area contributed by atoms with Crippen LogP contribution in [0.5, 0.6) is 0 Å². The van der Waals surface area contributed by atoms with Crippen molar-refractivity contribution in [3.05, 3.63) is 70.0 Å². The molecule has 0 unspecified atom stereocenters. The minimum absolute atomic E-state index is 0.379. The number of hydrogen-bond donors (Lipinski definition) is 1. The first kappa shape index (κ1) is 19.2. The number of nitriles is 1. The van der Waals surface area contributed by atoms with Crippen molar-refractivity contribution in [3.8, 4) is 6.07 Å². The van der Waals surface area contributed by atoms with Crippen molar-refractivity contribution in [3.63, 3.8) is 0 Å². The lowest BCUT2D eigenvalue weighted by Crippen LogP contribution is -2.30. The molecule has 1 aliphatic heterocycles. The number of nitrogens with one attached hydrogen (secondary N) is 1. The van der Waals surface area contributed by atoms with Crippen LogP contribution in [0.2, 0.25) is 5.02 Å². The average Bonchev–Trinajstić information content (AvgIpc) is 3.14. The highest BCUT2D eigenvalue weighted by Crippen LogP contribution is 2.22. The Bertz CT molecular complexity index is 1040. The molecular weight excluding hydrogens is 384 g/mol. The fourth-order valence-corrected chi connectivity index (χ4v) is 3.69. The number of anilines is 1. The van der Waals surface area contributed by atoms with Crippen LogP contribution in [0.15, 0.2) is 47.6 Å². The zero-order valence-electron chi connectivity index (χ0n) is 16.0. The highest BCUT2D eigenvalue weighted by Gasteiger charge is 2.13. The third-order valence-corrected chi connectivity index (χ3v) is 5.23. The van der Waals surface area contributed by atoms with E-state index in [9.17, 15) is 5.26 Å². The molecular formula is C22H21ClN6. The average molecular weight is 405 g/mol. The van der Waals surface area contributed by atoms with Crippen LogP contribution in [0.3, 0.4) is 0 Å². The van der Waals surface area contributed by atoms with E-state index in [1.165, 1.54) is 19.3 Å². The highest BCUT2D eigenvalue weighted by atomic mass is 35.5. The quantitative estimate of drug-likeness (QED) is 0.627. The second-order valence-corrected chi connectivity index (χ2v) is 7.51. The summed E-state index contributed by atoms with van der Waals surface area (Å²) in [4.78, 5) is 11.3. The lowest BCUT2D eigenvalue weighted by Gasteiger charge is -2.27. The number of piperidine rings is 1. The van der Waals surface area contributed by atoms with Crippen LogP contribution in [0.25, 0.3) is 0 Å². The largest absolute Gasteiger partial charge is 0.357 e. The van der Waals surface area contributed by atoms with Gasteiger partial charge in [-0.3, -0.25) is 5.10 Å². The van der Waals surface area contributed by atoms with Crippen molar-refractivity contribution in [2.45, 2.75) is 25.7 Å². The molecule has 4 rings (SSSR count). The fourth-order valence-electron chi connectivity index (χ4n) is 3.48. The first-order valence-electron chi connectivity index (χ1n) is 9.70. The molecule has 0 aliphatic carbocycles. The first-order valence-corrected chi connectivity index (χ1v) is 10.1. The predicted octanol–water partition coefficient (Wildman–Crippen LogP) is 4.66.